The van der Waals surface area contributed by atoms with Crippen LogP contribution in [0.4, 0.5) is 11.5 Å². The van der Waals surface area contributed by atoms with Crippen molar-refractivity contribution in [1.29, 1.82) is 0 Å². The fraction of sp³-hybridized carbons (Fsp3) is 0.500. The van der Waals surface area contributed by atoms with Crippen molar-refractivity contribution in [2.45, 2.75) is 13.0 Å². The zero-order valence-corrected chi connectivity index (χ0v) is 9.95. The third kappa shape index (κ3) is 3.28. The van der Waals surface area contributed by atoms with Crippen LogP contribution in [-0.2, 0) is 0 Å². The molecule has 7 heteroatoms. The van der Waals surface area contributed by atoms with Crippen LogP contribution in [0.3, 0.4) is 0 Å². The number of anilines is 1. The number of pyridine rings is 1. The molecule has 7 nitrogen and oxygen atoms in total. The smallest absolute Gasteiger partial charge is 0.311 e. The minimum Gasteiger partial charge on any atom is -0.481 e. The van der Waals surface area contributed by atoms with Crippen molar-refractivity contribution in [2.24, 2.45) is 0 Å². The fourth-order valence-electron chi connectivity index (χ4n) is 1.44. The lowest BCUT2D eigenvalue weighted by Gasteiger charge is -2.19. The molecule has 0 saturated heterocycles. The Morgan fingerprint density at radius 2 is 2.29 bits per heavy atom. The second kappa shape index (κ2) is 5.44. The van der Waals surface area contributed by atoms with E-state index >= 15 is 0 Å². The van der Waals surface area contributed by atoms with E-state index in [1.54, 1.807) is 14.0 Å². The van der Waals surface area contributed by atoms with Gasteiger partial charge in [-0.25, -0.2) is 0 Å². The Bertz CT molecular complexity index is 409. The number of nitro groups is 1. The summed E-state index contributed by atoms with van der Waals surface area (Å²) < 4.78 is 4.92. The van der Waals surface area contributed by atoms with E-state index < -0.39 is 11.0 Å². The molecule has 0 radical (unpaired) electrons. The van der Waals surface area contributed by atoms with Crippen LogP contribution in [0.1, 0.15) is 6.92 Å². The van der Waals surface area contributed by atoms with Crippen LogP contribution in [0.5, 0.6) is 5.88 Å². The van der Waals surface area contributed by atoms with Crippen LogP contribution < -0.4 is 9.64 Å². The van der Waals surface area contributed by atoms with Gasteiger partial charge in [-0.3, -0.25) is 10.1 Å². The fourth-order valence-corrected chi connectivity index (χ4v) is 1.44. The van der Waals surface area contributed by atoms with E-state index in [9.17, 15) is 15.2 Å². The molecule has 0 aliphatic rings. The summed E-state index contributed by atoms with van der Waals surface area (Å²) in [6, 6.07) is 2.76. The molecular weight excluding hydrogens is 226 g/mol. The minimum absolute atomic E-state index is 0.117. The Balaban J connectivity index is 3.12. The molecule has 1 aromatic rings. The topological polar surface area (TPSA) is 88.7 Å². The highest BCUT2D eigenvalue weighted by molar-refractivity contribution is 5.58. The van der Waals surface area contributed by atoms with Gasteiger partial charge in [0, 0.05) is 25.7 Å². The van der Waals surface area contributed by atoms with Gasteiger partial charge in [-0.2, -0.15) is 4.98 Å². The number of aliphatic hydroxyl groups excluding tert-OH is 1. The lowest BCUT2D eigenvalue weighted by atomic mass is 10.3. The van der Waals surface area contributed by atoms with Crippen LogP contribution in [0.2, 0.25) is 0 Å². The van der Waals surface area contributed by atoms with Crippen LogP contribution in [0.25, 0.3) is 0 Å². The Kier molecular flexibility index (Phi) is 4.22. The Hall–Kier alpha value is -1.89. The van der Waals surface area contributed by atoms with Gasteiger partial charge in [-0.05, 0) is 6.92 Å². The molecule has 0 aromatic carbocycles. The first-order chi connectivity index (χ1) is 7.95. The molecule has 0 bridgehead atoms. The lowest BCUT2D eigenvalue weighted by Crippen LogP contribution is -2.28. The lowest BCUT2D eigenvalue weighted by molar-refractivity contribution is -0.384. The third-order valence-corrected chi connectivity index (χ3v) is 2.13. The molecule has 1 unspecified atom stereocenters. The highest BCUT2D eigenvalue weighted by Gasteiger charge is 2.20. The molecule has 0 aliphatic heterocycles. The Labute approximate surface area is 98.8 Å². The summed E-state index contributed by atoms with van der Waals surface area (Å²) in [4.78, 5) is 15.9. The summed E-state index contributed by atoms with van der Waals surface area (Å²) in [6.45, 7) is 1.85. The summed E-state index contributed by atoms with van der Waals surface area (Å²) >= 11 is 0. The van der Waals surface area contributed by atoms with Crippen molar-refractivity contribution in [2.75, 3.05) is 25.6 Å². The second-order valence-corrected chi connectivity index (χ2v) is 3.68. The van der Waals surface area contributed by atoms with Gasteiger partial charge in [-0.1, -0.05) is 0 Å². The van der Waals surface area contributed by atoms with Crippen molar-refractivity contribution in [3.8, 4) is 5.88 Å². The number of hydrogen-bond acceptors (Lipinski definition) is 6. The zero-order valence-electron chi connectivity index (χ0n) is 9.95. The summed E-state index contributed by atoms with van der Waals surface area (Å²) in [6.07, 6.45) is -0.604. The van der Waals surface area contributed by atoms with Gasteiger partial charge in [0.15, 0.2) is 0 Å². The number of methoxy groups -OCH3 is 1. The van der Waals surface area contributed by atoms with Crippen LogP contribution >= 0.6 is 0 Å². The van der Waals surface area contributed by atoms with Gasteiger partial charge >= 0.3 is 5.69 Å². The first kappa shape index (κ1) is 13.2. The highest BCUT2D eigenvalue weighted by Crippen LogP contribution is 2.27. The van der Waals surface area contributed by atoms with E-state index in [0.29, 0.717) is 5.88 Å². The molecule has 1 rings (SSSR count). The molecule has 0 aliphatic carbocycles. The van der Waals surface area contributed by atoms with E-state index in [1.807, 2.05) is 0 Å². The molecule has 1 atom stereocenters. The zero-order chi connectivity index (χ0) is 13.0. The van der Waals surface area contributed by atoms with E-state index in [-0.39, 0.29) is 18.1 Å². The van der Waals surface area contributed by atoms with Crippen LogP contribution in [-0.4, -0.2) is 41.8 Å². The van der Waals surface area contributed by atoms with Gasteiger partial charge < -0.3 is 14.7 Å². The molecule has 0 spiro atoms. The Morgan fingerprint density at radius 3 is 2.76 bits per heavy atom. The third-order valence-electron chi connectivity index (χ3n) is 2.13. The van der Waals surface area contributed by atoms with E-state index in [2.05, 4.69) is 4.98 Å². The van der Waals surface area contributed by atoms with Crippen LogP contribution in [0, 0.1) is 10.1 Å². The van der Waals surface area contributed by atoms with Gasteiger partial charge in [0.2, 0.25) is 11.7 Å². The van der Waals surface area contributed by atoms with Gasteiger partial charge in [-0.15, -0.1) is 0 Å². The second-order valence-electron chi connectivity index (χ2n) is 3.68. The molecule has 0 saturated carbocycles. The quantitative estimate of drug-likeness (QED) is 0.606. The largest absolute Gasteiger partial charge is 0.481 e. The number of aromatic nitrogens is 1. The molecule has 17 heavy (non-hydrogen) atoms. The number of likely N-dealkylation sites (N-methyl/N-ethyl adjacent to an activating group) is 1. The van der Waals surface area contributed by atoms with Crippen molar-refractivity contribution < 1.29 is 14.8 Å². The summed E-state index contributed by atoms with van der Waals surface area (Å²) in [5.41, 5.74) is -0.117. The normalized spacial score (nSPS) is 12.0. The maximum absolute atomic E-state index is 10.8. The monoisotopic (exact) mass is 241 g/mol. The molecule has 1 N–H and O–H groups in total. The molecule has 1 heterocycles. The van der Waals surface area contributed by atoms with E-state index in [4.69, 9.17) is 4.74 Å². The maximum Gasteiger partial charge on any atom is 0.311 e. The number of aliphatic hydroxyl groups is 1. The number of rotatable bonds is 5. The standard InChI is InChI=1S/C10H15N3O4/c1-7(14)6-12(2)10-8(13(15)16)4-5-9(11-10)17-3/h4-5,7,14H,6H2,1-3H3. The Morgan fingerprint density at radius 1 is 1.65 bits per heavy atom. The predicted molar refractivity (Wildman–Crippen MR) is 62.4 cm³/mol. The summed E-state index contributed by atoms with van der Waals surface area (Å²) in [5, 5.41) is 20.1. The van der Waals surface area contributed by atoms with Gasteiger partial charge in [0.25, 0.3) is 0 Å². The average molecular weight is 241 g/mol. The van der Waals surface area contributed by atoms with E-state index in [0.717, 1.165) is 0 Å². The number of ether oxygens (including phenoxy) is 1. The molecule has 0 amide bonds. The molecule has 0 fully saturated rings. The van der Waals surface area contributed by atoms with Crippen molar-refractivity contribution in [1.82, 2.24) is 4.98 Å². The van der Waals surface area contributed by atoms with Gasteiger partial charge in [0.05, 0.1) is 18.1 Å². The summed E-state index contributed by atoms with van der Waals surface area (Å²) in [7, 11) is 3.06. The average Bonchev–Trinajstić information content (AvgIpc) is 2.27. The summed E-state index contributed by atoms with van der Waals surface area (Å²) in [5.74, 6) is 0.471. The van der Waals surface area contributed by atoms with Crippen molar-refractivity contribution in [3.63, 3.8) is 0 Å². The number of nitrogens with zero attached hydrogens (tertiary/aromatic N) is 3. The van der Waals surface area contributed by atoms with Crippen LogP contribution in [0.15, 0.2) is 12.1 Å². The van der Waals surface area contributed by atoms with E-state index in [1.165, 1.54) is 24.1 Å². The first-order valence-corrected chi connectivity index (χ1v) is 5.04. The molecule has 1 aromatic heterocycles. The SMILES string of the molecule is COc1ccc([N+](=O)[O-])c(N(C)CC(C)O)n1. The van der Waals surface area contributed by atoms with Crippen molar-refractivity contribution >= 4 is 11.5 Å². The maximum atomic E-state index is 10.8. The minimum atomic E-state index is -0.604. The first-order valence-electron chi connectivity index (χ1n) is 5.04. The highest BCUT2D eigenvalue weighted by atomic mass is 16.6. The molecule has 94 valence electrons. The predicted octanol–water partition coefficient (Wildman–Crippen LogP) is 0.815. The van der Waals surface area contributed by atoms with Gasteiger partial charge in [0.1, 0.15) is 0 Å². The van der Waals surface area contributed by atoms with Crippen molar-refractivity contribution in [3.05, 3.63) is 22.2 Å². The molecular formula is C10H15N3O4. The number of hydrogen-bond donors (Lipinski definition) is 1.